The van der Waals surface area contributed by atoms with Gasteiger partial charge in [-0.2, -0.15) is 0 Å². The van der Waals surface area contributed by atoms with Crippen LogP contribution < -0.4 is 10.1 Å². The van der Waals surface area contributed by atoms with Gasteiger partial charge in [-0.15, -0.1) is 0 Å². The van der Waals surface area contributed by atoms with Crippen molar-refractivity contribution in [3.05, 3.63) is 29.8 Å². The first-order chi connectivity index (χ1) is 10.1. The first-order valence-corrected chi connectivity index (χ1v) is 7.42. The van der Waals surface area contributed by atoms with Gasteiger partial charge in [0.2, 0.25) is 0 Å². The molecule has 1 spiro atoms. The Kier molecular flexibility index (Phi) is 3.57. The highest BCUT2D eigenvalue weighted by atomic mass is 16.5. The number of amides is 3. The van der Waals surface area contributed by atoms with Crippen LogP contribution >= 0.6 is 0 Å². The topological polar surface area (TPSA) is 58.6 Å². The molecule has 5 nitrogen and oxygen atoms in total. The number of rotatable bonds is 3. The summed E-state index contributed by atoms with van der Waals surface area (Å²) < 4.78 is 5.18. The third kappa shape index (κ3) is 2.48. The summed E-state index contributed by atoms with van der Waals surface area (Å²) in [5.41, 5.74) is 0.250. The molecule has 2 aliphatic rings. The van der Waals surface area contributed by atoms with E-state index in [1.807, 2.05) is 24.3 Å². The van der Waals surface area contributed by atoms with Crippen LogP contribution in [0.1, 0.15) is 37.7 Å². The number of ether oxygens (including phenoxy) is 1. The maximum atomic E-state index is 12.7. The van der Waals surface area contributed by atoms with Gasteiger partial charge in [-0.05, 0) is 30.5 Å². The second-order valence-electron chi connectivity index (χ2n) is 5.82. The fraction of sp³-hybridized carbons (Fsp3) is 0.500. The van der Waals surface area contributed by atoms with E-state index in [9.17, 15) is 9.59 Å². The van der Waals surface area contributed by atoms with E-state index in [4.69, 9.17) is 4.74 Å². The minimum absolute atomic E-state index is 0.0741. The molecule has 112 valence electrons. The molecule has 3 amide bonds. The molecule has 0 aromatic heterocycles. The molecular weight excluding hydrogens is 268 g/mol. The summed E-state index contributed by atoms with van der Waals surface area (Å²) in [5, 5.41) is 2.92. The van der Waals surface area contributed by atoms with Crippen molar-refractivity contribution in [2.45, 2.75) is 44.2 Å². The molecule has 1 heterocycles. The fourth-order valence-corrected chi connectivity index (χ4v) is 3.27. The molecule has 1 saturated heterocycles. The van der Waals surface area contributed by atoms with Crippen LogP contribution in [0.2, 0.25) is 0 Å². The van der Waals surface area contributed by atoms with Gasteiger partial charge in [-0.25, -0.2) is 4.79 Å². The van der Waals surface area contributed by atoms with Gasteiger partial charge in [-0.1, -0.05) is 31.4 Å². The summed E-state index contributed by atoms with van der Waals surface area (Å²) in [6.07, 6.45) is 4.65. The van der Waals surface area contributed by atoms with Gasteiger partial charge in [-0.3, -0.25) is 9.69 Å². The number of nitrogens with zero attached hydrogens (tertiary/aromatic N) is 1. The van der Waals surface area contributed by atoms with E-state index in [1.165, 1.54) is 4.90 Å². The molecule has 1 aliphatic carbocycles. The van der Waals surface area contributed by atoms with Gasteiger partial charge < -0.3 is 10.1 Å². The van der Waals surface area contributed by atoms with E-state index in [1.54, 1.807) is 7.11 Å². The van der Waals surface area contributed by atoms with Gasteiger partial charge in [0.05, 0.1) is 13.7 Å². The van der Waals surface area contributed by atoms with Crippen LogP contribution in [0.4, 0.5) is 4.79 Å². The number of imide groups is 1. The predicted octanol–water partition coefficient (Wildman–Crippen LogP) is 2.45. The highest BCUT2D eigenvalue weighted by molar-refractivity contribution is 6.07. The molecular formula is C16H20N2O3. The monoisotopic (exact) mass is 288 g/mol. The number of carbonyl (C=O) groups is 2. The maximum absolute atomic E-state index is 12.7. The van der Waals surface area contributed by atoms with Crippen LogP contribution in [0.25, 0.3) is 0 Å². The lowest BCUT2D eigenvalue weighted by Gasteiger charge is -2.30. The smallest absolute Gasteiger partial charge is 0.325 e. The van der Waals surface area contributed by atoms with Crippen LogP contribution in [-0.2, 0) is 11.3 Å². The van der Waals surface area contributed by atoms with Gasteiger partial charge in [0, 0.05) is 0 Å². The fourth-order valence-electron chi connectivity index (χ4n) is 3.27. The third-order valence-electron chi connectivity index (χ3n) is 4.43. The molecule has 0 bridgehead atoms. The molecule has 0 unspecified atom stereocenters. The predicted molar refractivity (Wildman–Crippen MR) is 77.9 cm³/mol. The van der Waals surface area contributed by atoms with E-state index in [0.29, 0.717) is 6.54 Å². The number of hydrogen-bond acceptors (Lipinski definition) is 3. The Bertz CT molecular complexity index is 564. The van der Waals surface area contributed by atoms with Crippen LogP contribution in [0, 0.1) is 0 Å². The normalized spacial score (nSPS) is 20.7. The summed E-state index contributed by atoms with van der Waals surface area (Å²) >= 11 is 0. The summed E-state index contributed by atoms with van der Waals surface area (Å²) in [4.78, 5) is 26.2. The molecule has 0 radical (unpaired) electrons. The van der Waals surface area contributed by atoms with Crippen molar-refractivity contribution >= 4 is 11.9 Å². The Labute approximate surface area is 124 Å². The number of benzene rings is 1. The summed E-state index contributed by atoms with van der Waals surface area (Å²) in [7, 11) is 1.60. The second-order valence-corrected chi connectivity index (χ2v) is 5.82. The molecule has 1 aliphatic heterocycles. The Morgan fingerprint density at radius 3 is 2.71 bits per heavy atom. The first kappa shape index (κ1) is 13.9. The van der Waals surface area contributed by atoms with Crippen molar-refractivity contribution in [3.8, 4) is 5.75 Å². The Hall–Kier alpha value is -2.04. The zero-order valence-corrected chi connectivity index (χ0v) is 12.2. The number of urea groups is 1. The van der Waals surface area contributed by atoms with Crippen molar-refractivity contribution in [3.63, 3.8) is 0 Å². The number of nitrogens with one attached hydrogen (secondary N) is 1. The van der Waals surface area contributed by atoms with Crippen LogP contribution in [0.5, 0.6) is 5.75 Å². The highest BCUT2D eigenvalue weighted by Gasteiger charge is 2.51. The lowest BCUT2D eigenvalue weighted by molar-refractivity contribution is -0.132. The number of methoxy groups -OCH3 is 1. The number of hydrogen-bond donors (Lipinski definition) is 1. The molecule has 1 N–H and O–H groups in total. The lowest BCUT2D eigenvalue weighted by atomic mass is 9.82. The van der Waals surface area contributed by atoms with Crippen LogP contribution in [-0.4, -0.2) is 29.5 Å². The molecule has 1 aromatic carbocycles. The highest BCUT2D eigenvalue weighted by Crippen LogP contribution is 2.34. The van der Waals surface area contributed by atoms with Crippen molar-refractivity contribution in [1.82, 2.24) is 10.2 Å². The van der Waals surface area contributed by atoms with Crippen molar-refractivity contribution in [2.24, 2.45) is 0 Å². The van der Waals surface area contributed by atoms with E-state index in [2.05, 4.69) is 5.32 Å². The van der Waals surface area contributed by atoms with Gasteiger partial charge in [0.25, 0.3) is 5.91 Å². The largest absolute Gasteiger partial charge is 0.497 e. The Morgan fingerprint density at radius 1 is 1.24 bits per heavy atom. The van der Waals surface area contributed by atoms with E-state index < -0.39 is 5.54 Å². The Balaban J connectivity index is 1.79. The standard InChI is InChI=1S/C16H20N2O3/c1-21-13-7-5-6-12(10-13)11-18-14(19)16(17-15(18)20)8-3-2-4-9-16/h5-7,10H,2-4,8-9,11H2,1H3,(H,17,20). The maximum Gasteiger partial charge on any atom is 0.325 e. The van der Waals surface area contributed by atoms with Crippen LogP contribution in [0.3, 0.4) is 0 Å². The van der Waals surface area contributed by atoms with Crippen molar-refractivity contribution in [2.75, 3.05) is 7.11 Å². The summed E-state index contributed by atoms with van der Waals surface area (Å²) in [6, 6.07) is 7.19. The summed E-state index contributed by atoms with van der Waals surface area (Å²) in [5.74, 6) is 0.655. The summed E-state index contributed by atoms with van der Waals surface area (Å²) in [6.45, 7) is 0.295. The minimum atomic E-state index is -0.645. The van der Waals surface area contributed by atoms with Gasteiger partial charge >= 0.3 is 6.03 Å². The van der Waals surface area contributed by atoms with E-state index in [0.717, 1.165) is 43.4 Å². The average molecular weight is 288 g/mol. The molecule has 1 saturated carbocycles. The van der Waals surface area contributed by atoms with E-state index >= 15 is 0 Å². The van der Waals surface area contributed by atoms with Crippen molar-refractivity contribution in [1.29, 1.82) is 0 Å². The molecule has 2 fully saturated rings. The third-order valence-corrected chi connectivity index (χ3v) is 4.43. The lowest BCUT2D eigenvalue weighted by Crippen LogP contribution is -2.48. The SMILES string of the molecule is COc1cccc(CN2C(=O)NC3(CCCCC3)C2=O)c1. The van der Waals surface area contributed by atoms with Crippen LogP contribution in [0.15, 0.2) is 24.3 Å². The first-order valence-electron chi connectivity index (χ1n) is 7.42. The second kappa shape index (κ2) is 5.39. The molecule has 0 atom stereocenters. The molecule has 5 heteroatoms. The van der Waals surface area contributed by atoms with Crippen molar-refractivity contribution < 1.29 is 14.3 Å². The molecule has 1 aromatic rings. The quantitative estimate of drug-likeness (QED) is 0.869. The zero-order chi connectivity index (χ0) is 14.9. The number of carbonyl (C=O) groups excluding carboxylic acids is 2. The minimum Gasteiger partial charge on any atom is -0.497 e. The van der Waals surface area contributed by atoms with Gasteiger partial charge in [0.15, 0.2) is 0 Å². The zero-order valence-electron chi connectivity index (χ0n) is 12.2. The van der Waals surface area contributed by atoms with Gasteiger partial charge in [0.1, 0.15) is 11.3 Å². The van der Waals surface area contributed by atoms with E-state index in [-0.39, 0.29) is 11.9 Å². The average Bonchev–Trinajstić information content (AvgIpc) is 2.73. The molecule has 21 heavy (non-hydrogen) atoms. The Morgan fingerprint density at radius 2 is 2.00 bits per heavy atom. The molecule has 3 rings (SSSR count).